The van der Waals surface area contributed by atoms with Crippen molar-refractivity contribution in [3.8, 4) is 22.8 Å². The van der Waals surface area contributed by atoms with Crippen molar-refractivity contribution in [2.24, 2.45) is 0 Å². The first kappa shape index (κ1) is 12.3. The molecule has 0 aliphatic carbocycles. The molecule has 100 valence electrons. The summed E-state index contributed by atoms with van der Waals surface area (Å²) in [4.78, 5) is 4.21. The Morgan fingerprint density at radius 2 is 2.00 bits per heavy atom. The average molecular weight is 269 g/mol. The molecule has 0 fully saturated rings. The fourth-order valence-corrected chi connectivity index (χ4v) is 1.92. The van der Waals surface area contributed by atoms with Crippen LogP contribution in [0.4, 0.5) is 10.1 Å². The Balaban J connectivity index is 2.02. The highest BCUT2D eigenvalue weighted by Crippen LogP contribution is 2.25. The molecule has 0 atom stereocenters. The zero-order valence-electron chi connectivity index (χ0n) is 10.8. The lowest BCUT2D eigenvalue weighted by atomic mass is 10.1. The van der Waals surface area contributed by atoms with Crippen LogP contribution in [0.3, 0.4) is 0 Å². The fraction of sp³-hybridized carbons (Fsp3) is 0.0667. The van der Waals surface area contributed by atoms with Gasteiger partial charge < -0.3 is 10.3 Å². The van der Waals surface area contributed by atoms with Gasteiger partial charge in [-0.3, -0.25) is 0 Å². The SMILES string of the molecule is Cc1ccc(-c2nc(-c3cccc(N)c3)no2)c(F)c1. The second kappa shape index (κ2) is 4.77. The monoisotopic (exact) mass is 269 g/mol. The molecule has 4 nitrogen and oxygen atoms in total. The normalized spacial score (nSPS) is 10.7. The number of benzene rings is 2. The van der Waals surface area contributed by atoms with Gasteiger partial charge in [0.05, 0.1) is 5.56 Å². The second-order valence-corrected chi connectivity index (χ2v) is 4.53. The summed E-state index contributed by atoms with van der Waals surface area (Å²) in [7, 11) is 0. The van der Waals surface area contributed by atoms with Crippen LogP contribution in [0.25, 0.3) is 22.8 Å². The molecule has 0 saturated carbocycles. The summed E-state index contributed by atoms with van der Waals surface area (Å²) in [6.07, 6.45) is 0. The Labute approximate surface area is 115 Å². The lowest BCUT2D eigenvalue weighted by molar-refractivity contribution is 0.429. The van der Waals surface area contributed by atoms with Crippen molar-refractivity contribution in [2.75, 3.05) is 5.73 Å². The van der Waals surface area contributed by atoms with E-state index in [0.29, 0.717) is 17.1 Å². The number of halogens is 1. The van der Waals surface area contributed by atoms with E-state index in [0.717, 1.165) is 11.1 Å². The van der Waals surface area contributed by atoms with E-state index in [9.17, 15) is 4.39 Å². The Hall–Kier alpha value is -2.69. The van der Waals surface area contributed by atoms with E-state index in [4.69, 9.17) is 10.3 Å². The maximum absolute atomic E-state index is 13.9. The molecule has 2 N–H and O–H groups in total. The molecular weight excluding hydrogens is 257 g/mol. The third-order valence-corrected chi connectivity index (χ3v) is 2.93. The van der Waals surface area contributed by atoms with Gasteiger partial charge in [0, 0.05) is 11.3 Å². The van der Waals surface area contributed by atoms with E-state index in [1.165, 1.54) is 6.07 Å². The summed E-state index contributed by atoms with van der Waals surface area (Å²) in [6, 6.07) is 12.0. The van der Waals surface area contributed by atoms with Crippen molar-refractivity contribution in [3.63, 3.8) is 0 Å². The van der Waals surface area contributed by atoms with Gasteiger partial charge in [-0.15, -0.1) is 0 Å². The van der Waals surface area contributed by atoms with Crippen LogP contribution < -0.4 is 5.73 Å². The maximum atomic E-state index is 13.9. The zero-order valence-corrected chi connectivity index (χ0v) is 10.8. The van der Waals surface area contributed by atoms with Gasteiger partial charge in [0.15, 0.2) is 0 Å². The van der Waals surface area contributed by atoms with Crippen LogP contribution in [0.1, 0.15) is 5.56 Å². The minimum absolute atomic E-state index is 0.153. The Kier molecular flexibility index (Phi) is 2.95. The Bertz CT molecular complexity index is 767. The van der Waals surface area contributed by atoms with Gasteiger partial charge in [0.2, 0.25) is 5.82 Å². The predicted molar refractivity (Wildman–Crippen MR) is 74.3 cm³/mol. The molecule has 3 rings (SSSR count). The fourth-order valence-electron chi connectivity index (χ4n) is 1.92. The highest BCUT2D eigenvalue weighted by molar-refractivity contribution is 5.63. The molecule has 0 amide bonds. The molecule has 0 unspecified atom stereocenters. The zero-order chi connectivity index (χ0) is 14.1. The molecule has 0 radical (unpaired) electrons. The summed E-state index contributed by atoms with van der Waals surface area (Å²) in [5.41, 5.74) is 8.17. The molecule has 0 spiro atoms. The maximum Gasteiger partial charge on any atom is 0.261 e. The number of hydrogen-bond acceptors (Lipinski definition) is 4. The first-order chi connectivity index (χ1) is 9.63. The third kappa shape index (κ3) is 2.25. The number of nitrogens with zero attached hydrogens (tertiary/aromatic N) is 2. The first-order valence-electron chi connectivity index (χ1n) is 6.09. The number of rotatable bonds is 2. The number of nitrogens with two attached hydrogens (primary N) is 1. The van der Waals surface area contributed by atoms with Crippen molar-refractivity contribution in [1.82, 2.24) is 10.1 Å². The van der Waals surface area contributed by atoms with Crippen LogP contribution >= 0.6 is 0 Å². The number of anilines is 1. The van der Waals surface area contributed by atoms with Crippen molar-refractivity contribution in [1.29, 1.82) is 0 Å². The standard InChI is InChI=1S/C15H12FN3O/c1-9-5-6-12(13(16)7-9)15-18-14(19-20-15)10-3-2-4-11(17)8-10/h2-8H,17H2,1H3. The minimum Gasteiger partial charge on any atom is -0.399 e. The van der Waals surface area contributed by atoms with Gasteiger partial charge in [-0.2, -0.15) is 4.98 Å². The molecular formula is C15H12FN3O. The lowest BCUT2D eigenvalue weighted by Crippen LogP contribution is -1.87. The Morgan fingerprint density at radius 1 is 1.15 bits per heavy atom. The molecule has 0 aliphatic heterocycles. The number of aryl methyl sites for hydroxylation is 1. The summed E-state index contributed by atoms with van der Waals surface area (Å²) >= 11 is 0. The summed E-state index contributed by atoms with van der Waals surface area (Å²) in [5.74, 6) is 0.153. The largest absolute Gasteiger partial charge is 0.399 e. The predicted octanol–water partition coefficient (Wildman–Crippen LogP) is 3.43. The molecule has 0 bridgehead atoms. The molecule has 5 heteroatoms. The molecule has 20 heavy (non-hydrogen) atoms. The molecule has 1 aromatic heterocycles. The molecule has 1 heterocycles. The number of nitrogen functional groups attached to an aromatic ring is 1. The molecule has 0 aliphatic rings. The highest BCUT2D eigenvalue weighted by Gasteiger charge is 2.14. The third-order valence-electron chi connectivity index (χ3n) is 2.93. The average Bonchev–Trinajstić information content (AvgIpc) is 2.88. The smallest absolute Gasteiger partial charge is 0.261 e. The van der Waals surface area contributed by atoms with Crippen LogP contribution in [0.5, 0.6) is 0 Å². The van der Waals surface area contributed by atoms with Crippen molar-refractivity contribution < 1.29 is 8.91 Å². The Morgan fingerprint density at radius 3 is 2.75 bits per heavy atom. The van der Waals surface area contributed by atoms with Crippen LogP contribution in [-0.4, -0.2) is 10.1 Å². The van der Waals surface area contributed by atoms with E-state index in [2.05, 4.69) is 10.1 Å². The van der Waals surface area contributed by atoms with E-state index < -0.39 is 0 Å². The summed E-state index contributed by atoms with van der Waals surface area (Å²) in [6.45, 7) is 1.82. The van der Waals surface area contributed by atoms with E-state index >= 15 is 0 Å². The van der Waals surface area contributed by atoms with Crippen LogP contribution in [0.15, 0.2) is 47.0 Å². The number of aromatic nitrogens is 2. The van der Waals surface area contributed by atoms with E-state index in [1.807, 2.05) is 13.0 Å². The minimum atomic E-state index is -0.382. The van der Waals surface area contributed by atoms with Crippen LogP contribution in [-0.2, 0) is 0 Å². The number of hydrogen-bond donors (Lipinski definition) is 1. The summed E-state index contributed by atoms with van der Waals surface area (Å²) < 4.78 is 19.0. The van der Waals surface area contributed by atoms with E-state index in [-0.39, 0.29) is 11.7 Å². The van der Waals surface area contributed by atoms with Crippen molar-refractivity contribution in [3.05, 3.63) is 53.8 Å². The van der Waals surface area contributed by atoms with Gasteiger partial charge in [0.1, 0.15) is 5.82 Å². The topological polar surface area (TPSA) is 64.9 Å². The van der Waals surface area contributed by atoms with Gasteiger partial charge in [-0.05, 0) is 36.8 Å². The van der Waals surface area contributed by atoms with Crippen LogP contribution in [0.2, 0.25) is 0 Å². The van der Waals surface area contributed by atoms with Gasteiger partial charge in [0.25, 0.3) is 5.89 Å². The van der Waals surface area contributed by atoms with Crippen molar-refractivity contribution in [2.45, 2.75) is 6.92 Å². The van der Waals surface area contributed by atoms with Gasteiger partial charge >= 0.3 is 0 Å². The summed E-state index contributed by atoms with van der Waals surface area (Å²) in [5, 5.41) is 3.86. The van der Waals surface area contributed by atoms with E-state index in [1.54, 1.807) is 30.3 Å². The van der Waals surface area contributed by atoms with Crippen molar-refractivity contribution >= 4 is 5.69 Å². The molecule has 0 saturated heterocycles. The first-order valence-corrected chi connectivity index (χ1v) is 6.09. The molecule has 3 aromatic rings. The second-order valence-electron chi connectivity index (χ2n) is 4.53. The quantitative estimate of drug-likeness (QED) is 0.724. The van der Waals surface area contributed by atoms with Gasteiger partial charge in [-0.25, -0.2) is 4.39 Å². The van der Waals surface area contributed by atoms with Crippen LogP contribution in [0, 0.1) is 12.7 Å². The van der Waals surface area contributed by atoms with Gasteiger partial charge in [-0.1, -0.05) is 23.4 Å². The lowest BCUT2D eigenvalue weighted by Gasteiger charge is -1.98. The molecule has 2 aromatic carbocycles. The highest BCUT2D eigenvalue weighted by atomic mass is 19.1.